The van der Waals surface area contributed by atoms with E-state index in [9.17, 15) is 18.3 Å². The fourth-order valence-electron chi connectivity index (χ4n) is 2.41. The number of hydrogen-bond acceptors (Lipinski definition) is 5. The predicted molar refractivity (Wildman–Crippen MR) is 82.2 cm³/mol. The summed E-state index contributed by atoms with van der Waals surface area (Å²) in [6, 6.07) is 0.726. The molecular weight excluding hydrogens is 382 g/mol. The van der Waals surface area contributed by atoms with Gasteiger partial charge in [-0.2, -0.15) is 4.31 Å². The van der Waals surface area contributed by atoms with Crippen molar-refractivity contribution in [2.45, 2.75) is 36.6 Å². The number of aromatic carboxylic acids is 1. The van der Waals surface area contributed by atoms with Crippen LogP contribution in [0.2, 0.25) is 0 Å². The highest BCUT2D eigenvalue weighted by Crippen LogP contribution is 2.35. The van der Waals surface area contributed by atoms with Crippen LogP contribution in [0.25, 0.3) is 0 Å². The molecule has 1 aliphatic heterocycles. The van der Waals surface area contributed by atoms with Crippen LogP contribution in [0.1, 0.15) is 35.4 Å². The van der Waals surface area contributed by atoms with Crippen molar-refractivity contribution in [1.82, 2.24) is 4.31 Å². The van der Waals surface area contributed by atoms with Crippen LogP contribution in [0.4, 0.5) is 0 Å². The number of hydrogen-bond donors (Lipinski definition) is 2. The van der Waals surface area contributed by atoms with Crippen LogP contribution in [0, 0.1) is 0 Å². The van der Waals surface area contributed by atoms with Gasteiger partial charge < -0.3 is 10.2 Å². The van der Waals surface area contributed by atoms with E-state index >= 15 is 0 Å². The van der Waals surface area contributed by atoms with E-state index in [4.69, 9.17) is 5.11 Å². The SMILES string of the molecule is O=C(O)c1cc(S(=O)(=O)N2CCCCCC2CO)c(Br)s1. The molecular formula is C12H16BrNO5S2. The number of sulfonamides is 1. The molecule has 1 atom stereocenters. The highest BCUT2D eigenvalue weighted by Gasteiger charge is 2.34. The van der Waals surface area contributed by atoms with Crippen LogP contribution >= 0.6 is 27.3 Å². The summed E-state index contributed by atoms with van der Waals surface area (Å²) < 4.78 is 27.1. The number of rotatable bonds is 4. The van der Waals surface area contributed by atoms with Gasteiger partial charge in [0, 0.05) is 12.6 Å². The Labute approximate surface area is 135 Å². The fraction of sp³-hybridized carbons (Fsp3) is 0.583. The van der Waals surface area contributed by atoms with Crippen LogP contribution in [0.5, 0.6) is 0 Å². The van der Waals surface area contributed by atoms with Crippen LogP contribution in [-0.2, 0) is 10.0 Å². The first-order valence-electron chi connectivity index (χ1n) is 6.53. The smallest absolute Gasteiger partial charge is 0.345 e. The maximum absolute atomic E-state index is 12.8. The molecule has 0 radical (unpaired) electrons. The van der Waals surface area contributed by atoms with Gasteiger partial charge in [-0.25, -0.2) is 13.2 Å². The second-order valence-corrected chi connectivity index (χ2v) is 9.08. The lowest BCUT2D eigenvalue weighted by molar-refractivity contribution is 0.0702. The topological polar surface area (TPSA) is 94.9 Å². The molecule has 1 aromatic rings. The zero-order valence-corrected chi connectivity index (χ0v) is 14.4. The molecule has 0 aliphatic carbocycles. The molecule has 1 unspecified atom stereocenters. The third kappa shape index (κ3) is 3.48. The Bertz CT molecular complexity index is 628. The number of aliphatic hydroxyl groups excluding tert-OH is 1. The number of carboxylic acids is 1. The monoisotopic (exact) mass is 397 g/mol. The Morgan fingerprint density at radius 2 is 2.14 bits per heavy atom. The minimum atomic E-state index is -3.82. The average Bonchev–Trinajstić information content (AvgIpc) is 2.68. The molecule has 9 heteroatoms. The van der Waals surface area contributed by atoms with Gasteiger partial charge in [-0.1, -0.05) is 12.8 Å². The van der Waals surface area contributed by atoms with Gasteiger partial charge in [0.25, 0.3) is 0 Å². The van der Waals surface area contributed by atoms with E-state index in [1.54, 1.807) is 0 Å². The third-order valence-electron chi connectivity index (χ3n) is 3.49. The van der Waals surface area contributed by atoms with Crippen molar-refractivity contribution >= 4 is 43.3 Å². The van der Waals surface area contributed by atoms with E-state index in [1.165, 1.54) is 10.4 Å². The molecule has 118 valence electrons. The summed E-state index contributed by atoms with van der Waals surface area (Å²) in [5, 5.41) is 18.4. The molecule has 0 aromatic carbocycles. The van der Waals surface area contributed by atoms with Gasteiger partial charge in [-0.15, -0.1) is 11.3 Å². The number of carbonyl (C=O) groups is 1. The van der Waals surface area contributed by atoms with Gasteiger partial charge in [0.05, 0.1) is 10.4 Å². The lowest BCUT2D eigenvalue weighted by Crippen LogP contribution is -2.42. The van der Waals surface area contributed by atoms with Crippen LogP contribution < -0.4 is 0 Å². The number of nitrogens with zero attached hydrogens (tertiary/aromatic N) is 1. The molecule has 0 amide bonds. The van der Waals surface area contributed by atoms with E-state index in [0.717, 1.165) is 30.6 Å². The summed E-state index contributed by atoms with van der Waals surface area (Å²) in [7, 11) is -3.82. The molecule has 1 fully saturated rings. The maximum atomic E-state index is 12.8. The van der Waals surface area contributed by atoms with Crippen molar-refractivity contribution in [3.63, 3.8) is 0 Å². The predicted octanol–water partition coefficient (Wildman–Crippen LogP) is 2.13. The quantitative estimate of drug-likeness (QED) is 0.811. The highest BCUT2D eigenvalue weighted by molar-refractivity contribution is 9.11. The van der Waals surface area contributed by atoms with Crippen molar-refractivity contribution in [2.75, 3.05) is 13.2 Å². The van der Waals surface area contributed by atoms with Gasteiger partial charge in [0.1, 0.15) is 9.77 Å². The van der Waals surface area contributed by atoms with Gasteiger partial charge in [-0.05, 0) is 34.8 Å². The zero-order chi connectivity index (χ0) is 15.6. The molecule has 0 bridgehead atoms. The Hall–Kier alpha value is -0.480. The number of thiophene rings is 1. The Morgan fingerprint density at radius 3 is 2.71 bits per heavy atom. The Balaban J connectivity index is 2.42. The standard InChI is InChI=1S/C12H16BrNO5S2/c13-11-10(6-9(20-11)12(16)17)21(18,19)14-5-3-1-2-4-8(14)7-15/h6,8,15H,1-5,7H2,(H,16,17). The van der Waals surface area contributed by atoms with Crippen molar-refractivity contribution in [3.8, 4) is 0 Å². The lowest BCUT2D eigenvalue weighted by atomic mass is 10.1. The lowest BCUT2D eigenvalue weighted by Gasteiger charge is -2.27. The molecule has 0 saturated carbocycles. The molecule has 2 heterocycles. The number of carboxylic acid groups (broad SMARTS) is 1. The summed E-state index contributed by atoms with van der Waals surface area (Å²) in [5.41, 5.74) is 0. The summed E-state index contributed by atoms with van der Waals surface area (Å²) in [6.45, 7) is 0.116. The van der Waals surface area contributed by atoms with Gasteiger partial charge >= 0.3 is 5.97 Å². The van der Waals surface area contributed by atoms with E-state index in [2.05, 4.69) is 15.9 Å². The van der Waals surface area contributed by atoms with Gasteiger partial charge in [-0.3, -0.25) is 0 Å². The Morgan fingerprint density at radius 1 is 1.43 bits per heavy atom. The molecule has 1 aromatic heterocycles. The van der Waals surface area contributed by atoms with Crippen molar-refractivity contribution in [2.24, 2.45) is 0 Å². The average molecular weight is 398 g/mol. The van der Waals surface area contributed by atoms with Gasteiger partial charge in [0.2, 0.25) is 10.0 Å². The van der Waals surface area contributed by atoms with Crippen molar-refractivity contribution < 1.29 is 23.4 Å². The molecule has 2 N–H and O–H groups in total. The van der Waals surface area contributed by atoms with E-state index in [-0.39, 0.29) is 20.2 Å². The third-order valence-corrected chi connectivity index (χ3v) is 7.68. The molecule has 1 aliphatic rings. The Kier molecular flexibility index (Phi) is 5.42. The molecule has 2 rings (SSSR count). The minimum absolute atomic E-state index is 0.0316. The second kappa shape index (κ2) is 6.74. The van der Waals surface area contributed by atoms with Crippen molar-refractivity contribution in [1.29, 1.82) is 0 Å². The number of halogens is 1. The maximum Gasteiger partial charge on any atom is 0.345 e. The second-order valence-electron chi connectivity index (χ2n) is 4.86. The van der Waals surface area contributed by atoms with E-state index in [1.807, 2.05) is 0 Å². The van der Waals surface area contributed by atoms with Crippen molar-refractivity contribution in [3.05, 3.63) is 14.7 Å². The molecule has 1 saturated heterocycles. The molecule has 21 heavy (non-hydrogen) atoms. The summed E-state index contributed by atoms with van der Waals surface area (Å²) in [4.78, 5) is 10.9. The zero-order valence-electron chi connectivity index (χ0n) is 11.2. The first-order valence-corrected chi connectivity index (χ1v) is 9.58. The first kappa shape index (κ1) is 16.9. The minimum Gasteiger partial charge on any atom is -0.477 e. The summed E-state index contributed by atoms with van der Waals surface area (Å²) >= 11 is 4.01. The molecule has 0 spiro atoms. The largest absolute Gasteiger partial charge is 0.477 e. The van der Waals surface area contributed by atoms with Crippen LogP contribution in [0.3, 0.4) is 0 Å². The van der Waals surface area contributed by atoms with Gasteiger partial charge in [0.15, 0.2) is 0 Å². The van der Waals surface area contributed by atoms with Crippen LogP contribution in [0.15, 0.2) is 14.7 Å². The fourth-order valence-corrected chi connectivity index (χ4v) is 6.45. The molecule has 6 nitrogen and oxygen atoms in total. The summed E-state index contributed by atoms with van der Waals surface area (Å²) in [6.07, 6.45) is 3.16. The van der Waals surface area contributed by atoms with E-state index in [0.29, 0.717) is 13.0 Å². The first-order chi connectivity index (χ1) is 9.87. The number of aliphatic hydroxyl groups is 1. The highest BCUT2D eigenvalue weighted by atomic mass is 79.9. The summed E-state index contributed by atoms with van der Waals surface area (Å²) in [5.74, 6) is -1.16. The van der Waals surface area contributed by atoms with Crippen LogP contribution in [-0.4, -0.2) is 48.1 Å². The normalized spacial score (nSPS) is 21.1. The van der Waals surface area contributed by atoms with E-state index < -0.39 is 22.0 Å².